The number of nitrogens with zero attached hydrogens (tertiary/aromatic N) is 1. The minimum atomic E-state index is 0.0418. The molecule has 5 heteroatoms. The number of benzene rings is 1. The van der Waals surface area contributed by atoms with Gasteiger partial charge in [0.2, 0.25) is 0 Å². The molecule has 3 rings (SSSR count). The van der Waals surface area contributed by atoms with Crippen LogP contribution in [0.2, 0.25) is 0 Å². The highest BCUT2D eigenvalue weighted by molar-refractivity contribution is 5.95. The smallest absolute Gasteiger partial charge is 0.254 e. The van der Waals surface area contributed by atoms with Crippen molar-refractivity contribution in [2.24, 2.45) is 5.73 Å². The fraction of sp³-hybridized carbons (Fsp3) is 0.632. The molecule has 2 atom stereocenters. The molecule has 1 aromatic rings. The Bertz CT molecular complexity index is 584. The minimum absolute atomic E-state index is 0.0418. The highest BCUT2D eigenvalue weighted by Gasteiger charge is 2.28. The fourth-order valence-corrected chi connectivity index (χ4v) is 3.76. The van der Waals surface area contributed by atoms with E-state index in [1.165, 1.54) is 12.8 Å². The molecule has 2 aliphatic rings. The van der Waals surface area contributed by atoms with Crippen molar-refractivity contribution in [1.29, 1.82) is 0 Å². The number of ether oxygens (including phenoxy) is 2. The largest absolute Gasteiger partial charge is 0.493 e. The van der Waals surface area contributed by atoms with Gasteiger partial charge in [-0.15, -0.1) is 0 Å². The first-order valence-corrected chi connectivity index (χ1v) is 8.99. The van der Waals surface area contributed by atoms with Gasteiger partial charge in [0.25, 0.3) is 5.91 Å². The van der Waals surface area contributed by atoms with Crippen LogP contribution in [0.3, 0.4) is 0 Å². The summed E-state index contributed by atoms with van der Waals surface area (Å²) in [6, 6.07) is 5.87. The molecule has 2 fully saturated rings. The Morgan fingerprint density at radius 3 is 2.62 bits per heavy atom. The van der Waals surface area contributed by atoms with Gasteiger partial charge in [0.05, 0.1) is 13.2 Å². The van der Waals surface area contributed by atoms with E-state index >= 15 is 0 Å². The van der Waals surface area contributed by atoms with Crippen molar-refractivity contribution in [3.05, 3.63) is 23.8 Å². The lowest BCUT2D eigenvalue weighted by molar-refractivity contribution is 0.0618. The Hall–Kier alpha value is -1.75. The molecular weight excluding hydrogens is 304 g/mol. The average molecular weight is 332 g/mol. The number of nitrogens with two attached hydrogens (primary N) is 1. The Morgan fingerprint density at radius 1 is 1.21 bits per heavy atom. The first kappa shape index (κ1) is 17.1. The van der Waals surface area contributed by atoms with E-state index in [-0.39, 0.29) is 24.1 Å². The first-order valence-electron chi connectivity index (χ1n) is 8.99. The molecule has 0 spiro atoms. The van der Waals surface area contributed by atoms with Crippen LogP contribution in [0.4, 0.5) is 0 Å². The third-order valence-electron chi connectivity index (χ3n) is 5.18. The zero-order valence-corrected chi connectivity index (χ0v) is 14.7. The lowest BCUT2D eigenvalue weighted by Crippen LogP contribution is -2.48. The molecule has 1 saturated carbocycles. The van der Waals surface area contributed by atoms with E-state index < -0.39 is 0 Å². The van der Waals surface area contributed by atoms with Crippen LogP contribution in [0.15, 0.2) is 18.2 Å². The molecule has 1 aromatic carbocycles. The van der Waals surface area contributed by atoms with Crippen molar-refractivity contribution in [3.8, 4) is 11.5 Å². The maximum atomic E-state index is 12.8. The SMILES string of the molecule is COc1cc(C(=O)N2CC[C@@H](N)C[C@@H]2C)ccc1OC1CCCC1. The van der Waals surface area contributed by atoms with E-state index in [0.717, 1.165) is 31.4 Å². The number of carbonyl (C=O) groups excluding carboxylic acids is 1. The van der Waals surface area contributed by atoms with Crippen LogP contribution >= 0.6 is 0 Å². The summed E-state index contributed by atoms with van der Waals surface area (Å²) < 4.78 is 11.5. The second-order valence-electron chi connectivity index (χ2n) is 7.02. The van der Waals surface area contributed by atoms with Crippen LogP contribution in [0, 0.1) is 0 Å². The van der Waals surface area contributed by atoms with Gasteiger partial charge in [-0.3, -0.25) is 4.79 Å². The maximum Gasteiger partial charge on any atom is 0.254 e. The summed E-state index contributed by atoms with van der Waals surface area (Å²) in [6.07, 6.45) is 6.60. The predicted molar refractivity (Wildman–Crippen MR) is 93.6 cm³/mol. The van der Waals surface area contributed by atoms with Gasteiger partial charge in [-0.1, -0.05) is 0 Å². The van der Waals surface area contributed by atoms with Crippen LogP contribution < -0.4 is 15.2 Å². The summed E-state index contributed by atoms with van der Waals surface area (Å²) in [4.78, 5) is 14.7. The van der Waals surface area contributed by atoms with Crippen molar-refractivity contribution < 1.29 is 14.3 Å². The molecule has 1 heterocycles. The van der Waals surface area contributed by atoms with Gasteiger partial charge in [-0.05, 0) is 63.6 Å². The number of rotatable bonds is 4. The number of piperidine rings is 1. The number of amides is 1. The summed E-state index contributed by atoms with van der Waals surface area (Å²) in [5, 5.41) is 0. The molecule has 1 saturated heterocycles. The molecule has 5 nitrogen and oxygen atoms in total. The molecule has 1 aliphatic heterocycles. The summed E-state index contributed by atoms with van der Waals surface area (Å²) >= 11 is 0. The van der Waals surface area contributed by atoms with E-state index in [1.54, 1.807) is 13.2 Å². The number of carbonyl (C=O) groups is 1. The molecular formula is C19H28N2O3. The molecule has 2 N–H and O–H groups in total. The van der Waals surface area contributed by atoms with Crippen molar-refractivity contribution >= 4 is 5.91 Å². The Morgan fingerprint density at radius 2 is 1.96 bits per heavy atom. The van der Waals surface area contributed by atoms with Crippen LogP contribution in [-0.2, 0) is 0 Å². The van der Waals surface area contributed by atoms with Crippen LogP contribution in [0.25, 0.3) is 0 Å². The molecule has 0 unspecified atom stereocenters. The second kappa shape index (κ2) is 7.43. The molecule has 1 aliphatic carbocycles. The van der Waals surface area contributed by atoms with Gasteiger partial charge < -0.3 is 20.1 Å². The van der Waals surface area contributed by atoms with Crippen molar-refractivity contribution in [2.45, 2.75) is 63.6 Å². The van der Waals surface area contributed by atoms with Crippen LogP contribution in [0.5, 0.6) is 11.5 Å². The number of hydrogen-bond donors (Lipinski definition) is 1. The van der Waals surface area contributed by atoms with Gasteiger partial charge in [-0.2, -0.15) is 0 Å². The lowest BCUT2D eigenvalue weighted by atomic mass is 9.98. The molecule has 0 aromatic heterocycles. The van der Waals surface area contributed by atoms with Crippen LogP contribution in [0.1, 0.15) is 55.8 Å². The van der Waals surface area contributed by atoms with Crippen LogP contribution in [-0.4, -0.2) is 42.6 Å². The average Bonchev–Trinajstić information content (AvgIpc) is 3.07. The van der Waals surface area contributed by atoms with Crippen molar-refractivity contribution in [1.82, 2.24) is 4.90 Å². The van der Waals surface area contributed by atoms with Gasteiger partial charge >= 0.3 is 0 Å². The highest BCUT2D eigenvalue weighted by Crippen LogP contribution is 2.33. The highest BCUT2D eigenvalue weighted by atomic mass is 16.5. The summed E-state index contributed by atoms with van der Waals surface area (Å²) in [6.45, 7) is 2.77. The van der Waals surface area contributed by atoms with E-state index in [2.05, 4.69) is 6.92 Å². The molecule has 0 radical (unpaired) electrons. The summed E-state index contributed by atoms with van der Waals surface area (Å²) in [5.41, 5.74) is 6.64. The van der Waals surface area contributed by atoms with Crippen molar-refractivity contribution in [3.63, 3.8) is 0 Å². The van der Waals surface area contributed by atoms with Crippen molar-refractivity contribution in [2.75, 3.05) is 13.7 Å². The van der Waals surface area contributed by atoms with Gasteiger partial charge in [0, 0.05) is 24.2 Å². The Labute approximate surface area is 144 Å². The predicted octanol–water partition coefficient (Wildman–Crippen LogP) is 2.97. The monoisotopic (exact) mass is 332 g/mol. The summed E-state index contributed by atoms with van der Waals surface area (Å²) in [5.74, 6) is 1.41. The lowest BCUT2D eigenvalue weighted by Gasteiger charge is -2.36. The van der Waals surface area contributed by atoms with Gasteiger partial charge in [-0.25, -0.2) is 0 Å². The van der Waals surface area contributed by atoms with E-state index in [4.69, 9.17) is 15.2 Å². The number of methoxy groups -OCH3 is 1. The normalized spacial score (nSPS) is 24.9. The Kier molecular flexibility index (Phi) is 5.29. The van der Waals surface area contributed by atoms with Gasteiger partial charge in [0.1, 0.15) is 0 Å². The molecule has 1 amide bonds. The van der Waals surface area contributed by atoms with E-state index in [9.17, 15) is 4.79 Å². The zero-order chi connectivity index (χ0) is 17.1. The zero-order valence-electron chi connectivity index (χ0n) is 14.7. The van der Waals surface area contributed by atoms with E-state index in [0.29, 0.717) is 17.9 Å². The molecule has 132 valence electrons. The Balaban J connectivity index is 1.74. The standard InChI is InChI=1S/C19H28N2O3/c1-13-11-15(20)9-10-21(13)19(22)14-7-8-17(18(12-14)23-2)24-16-5-3-4-6-16/h7-8,12-13,15-16H,3-6,9-11,20H2,1-2H3/t13-,15+/m0/s1. The fourth-order valence-electron chi connectivity index (χ4n) is 3.76. The first-order chi connectivity index (χ1) is 11.6. The number of likely N-dealkylation sites (tertiary alicyclic amines) is 1. The number of hydrogen-bond acceptors (Lipinski definition) is 4. The third kappa shape index (κ3) is 3.66. The maximum absolute atomic E-state index is 12.8. The molecule has 24 heavy (non-hydrogen) atoms. The third-order valence-corrected chi connectivity index (χ3v) is 5.18. The molecule has 0 bridgehead atoms. The van der Waals surface area contributed by atoms with E-state index in [1.807, 2.05) is 17.0 Å². The minimum Gasteiger partial charge on any atom is -0.493 e. The second-order valence-corrected chi connectivity index (χ2v) is 7.02. The summed E-state index contributed by atoms with van der Waals surface area (Å²) in [7, 11) is 1.62. The quantitative estimate of drug-likeness (QED) is 0.920. The topological polar surface area (TPSA) is 64.8 Å². The van der Waals surface area contributed by atoms with Gasteiger partial charge in [0.15, 0.2) is 11.5 Å².